The van der Waals surface area contributed by atoms with Gasteiger partial charge in [-0.3, -0.25) is 4.99 Å². The van der Waals surface area contributed by atoms with E-state index in [0.717, 1.165) is 0 Å². The van der Waals surface area contributed by atoms with Crippen LogP contribution in [-0.4, -0.2) is 12.4 Å². The van der Waals surface area contributed by atoms with E-state index >= 15 is 0 Å². The van der Waals surface area contributed by atoms with Crippen LogP contribution in [0.1, 0.15) is 18.5 Å². The van der Waals surface area contributed by atoms with Gasteiger partial charge in [0, 0.05) is 12.4 Å². The Hall–Kier alpha value is -1.44. The van der Waals surface area contributed by atoms with Gasteiger partial charge >= 0.3 is 0 Å². The van der Waals surface area contributed by atoms with E-state index in [1.165, 1.54) is 18.0 Å². The molecular formula is C10H12N2. The summed E-state index contributed by atoms with van der Waals surface area (Å²) in [6.07, 6.45) is 2.71. The third-order valence-electron chi connectivity index (χ3n) is 1.67. The molecule has 2 heteroatoms. The van der Waals surface area contributed by atoms with E-state index in [1.54, 1.807) is 0 Å². The van der Waals surface area contributed by atoms with Crippen molar-refractivity contribution in [3.8, 4) is 0 Å². The van der Waals surface area contributed by atoms with Crippen molar-refractivity contribution >= 4 is 12.4 Å². The van der Waals surface area contributed by atoms with Gasteiger partial charge in [0.2, 0.25) is 0 Å². The van der Waals surface area contributed by atoms with Gasteiger partial charge in [-0.1, -0.05) is 30.3 Å². The molecule has 0 amide bonds. The Balaban J connectivity index is 2.71. The van der Waals surface area contributed by atoms with Crippen molar-refractivity contribution in [2.45, 2.75) is 13.0 Å². The average molecular weight is 160 g/mol. The first-order valence-electron chi connectivity index (χ1n) is 3.92. The quantitative estimate of drug-likeness (QED) is 0.659. The second-order valence-corrected chi connectivity index (χ2v) is 2.55. The summed E-state index contributed by atoms with van der Waals surface area (Å²) in [6, 6.07) is 10.2. The lowest BCUT2D eigenvalue weighted by Crippen LogP contribution is -1.89. The molecule has 12 heavy (non-hydrogen) atoms. The van der Waals surface area contributed by atoms with Gasteiger partial charge in [-0.2, -0.15) is 0 Å². The molecule has 0 spiro atoms. The summed E-state index contributed by atoms with van der Waals surface area (Å²) >= 11 is 0. The van der Waals surface area contributed by atoms with Crippen LogP contribution in [0, 0.1) is 5.41 Å². The molecule has 2 nitrogen and oxygen atoms in total. The fourth-order valence-corrected chi connectivity index (χ4v) is 0.990. The van der Waals surface area contributed by atoms with Crippen molar-refractivity contribution < 1.29 is 0 Å². The van der Waals surface area contributed by atoms with Gasteiger partial charge in [-0.05, 0) is 12.5 Å². The number of rotatable bonds is 3. The van der Waals surface area contributed by atoms with Crippen LogP contribution >= 0.6 is 0 Å². The minimum absolute atomic E-state index is 0.146. The number of nitrogens with one attached hydrogen (secondary N) is 1. The molecule has 0 fully saturated rings. The minimum Gasteiger partial charge on any atom is -0.307 e. The molecule has 1 atom stereocenters. The third-order valence-corrected chi connectivity index (χ3v) is 1.67. The van der Waals surface area contributed by atoms with Crippen molar-refractivity contribution in [3.05, 3.63) is 35.9 Å². The topological polar surface area (TPSA) is 36.2 Å². The molecule has 1 aromatic carbocycles. The highest BCUT2D eigenvalue weighted by atomic mass is 14.8. The van der Waals surface area contributed by atoms with E-state index in [2.05, 4.69) is 4.99 Å². The highest BCUT2D eigenvalue weighted by molar-refractivity contribution is 6.14. The first kappa shape index (κ1) is 8.65. The second kappa shape index (κ2) is 4.44. The molecule has 0 saturated carbocycles. The molecular weight excluding hydrogens is 148 g/mol. The Bertz CT molecular complexity index is 264. The Morgan fingerprint density at radius 1 is 1.33 bits per heavy atom. The number of hydrogen-bond acceptors (Lipinski definition) is 2. The van der Waals surface area contributed by atoms with Crippen molar-refractivity contribution in [1.29, 1.82) is 5.41 Å². The van der Waals surface area contributed by atoms with E-state index in [0.29, 0.717) is 0 Å². The number of benzene rings is 1. The maximum atomic E-state index is 6.78. The second-order valence-electron chi connectivity index (χ2n) is 2.55. The predicted octanol–water partition coefficient (Wildman–Crippen LogP) is 2.47. The van der Waals surface area contributed by atoms with E-state index in [4.69, 9.17) is 5.41 Å². The molecule has 0 heterocycles. The fraction of sp³-hybridized carbons (Fsp3) is 0.200. The zero-order chi connectivity index (χ0) is 8.81. The smallest absolute Gasteiger partial charge is 0.0721 e. The summed E-state index contributed by atoms with van der Waals surface area (Å²) in [5.41, 5.74) is 1.18. The first-order valence-corrected chi connectivity index (χ1v) is 3.92. The summed E-state index contributed by atoms with van der Waals surface area (Å²) < 4.78 is 0. The Morgan fingerprint density at radius 2 is 2.00 bits per heavy atom. The normalized spacial score (nSPS) is 13.1. The Morgan fingerprint density at radius 3 is 2.58 bits per heavy atom. The van der Waals surface area contributed by atoms with Crippen LogP contribution in [0.15, 0.2) is 35.3 Å². The predicted molar refractivity (Wildman–Crippen MR) is 52.1 cm³/mol. The van der Waals surface area contributed by atoms with Crippen LogP contribution in [0.2, 0.25) is 0 Å². The van der Waals surface area contributed by atoms with Crippen LogP contribution in [0.5, 0.6) is 0 Å². The molecule has 1 N–H and O–H groups in total. The van der Waals surface area contributed by atoms with Crippen molar-refractivity contribution in [2.75, 3.05) is 0 Å². The molecule has 62 valence electrons. The summed E-state index contributed by atoms with van der Waals surface area (Å²) in [6.45, 7) is 2.01. The molecule has 1 aromatic rings. The minimum atomic E-state index is 0.146. The monoisotopic (exact) mass is 160 g/mol. The Kier molecular flexibility index (Phi) is 3.20. The lowest BCUT2D eigenvalue weighted by atomic mass is 10.1. The maximum absolute atomic E-state index is 6.78. The Labute approximate surface area is 72.5 Å². The van der Waals surface area contributed by atoms with Crippen LogP contribution in [-0.2, 0) is 0 Å². The van der Waals surface area contributed by atoms with Gasteiger partial charge in [0.25, 0.3) is 0 Å². The van der Waals surface area contributed by atoms with Gasteiger partial charge in [0.15, 0.2) is 0 Å². The molecule has 1 rings (SSSR count). The van der Waals surface area contributed by atoms with Crippen LogP contribution in [0.3, 0.4) is 0 Å². The lowest BCUT2D eigenvalue weighted by molar-refractivity contribution is 0.827. The molecule has 0 bridgehead atoms. The summed E-state index contributed by atoms with van der Waals surface area (Å²) in [5.74, 6) is 0. The van der Waals surface area contributed by atoms with Crippen LogP contribution in [0.4, 0.5) is 0 Å². The number of hydrogen-bond donors (Lipinski definition) is 1. The number of aliphatic imine (C=N–C) groups is 1. The molecule has 0 aliphatic heterocycles. The highest BCUT2D eigenvalue weighted by Crippen LogP contribution is 2.14. The van der Waals surface area contributed by atoms with Gasteiger partial charge in [0.1, 0.15) is 0 Å². The molecule has 0 aliphatic carbocycles. The summed E-state index contributed by atoms with van der Waals surface area (Å²) in [7, 11) is 0. The summed E-state index contributed by atoms with van der Waals surface area (Å²) in [4.78, 5) is 4.14. The van der Waals surface area contributed by atoms with Gasteiger partial charge in [-0.25, -0.2) is 0 Å². The van der Waals surface area contributed by atoms with Crippen LogP contribution in [0.25, 0.3) is 0 Å². The third kappa shape index (κ3) is 2.31. The first-order chi connectivity index (χ1) is 5.84. The summed E-state index contributed by atoms with van der Waals surface area (Å²) in [5, 5.41) is 6.78. The van der Waals surface area contributed by atoms with E-state index in [-0.39, 0.29) is 6.04 Å². The van der Waals surface area contributed by atoms with E-state index in [9.17, 15) is 0 Å². The molecule has 0 aliphatic rings. The van der Waals surface area contributed by atoms with Crippen molar-refractivity contribution in [3.63, 3.8) is 0 Å². The molecule has 0 radical (unpaired) electrons. The number of nitrogens with zero attached hydrogens (tertiary/aromatic N) is 1. The standard InChI is InChI=1S/C10H12N2/c1-9(12-8-7-11)10-5-3-2-4-6-10/h2-9,11H,1H3/t9-/m1/s1. The van der Waals surface area contributed by atoms with Gasteiger partial charge < -0.3 is 5.41 Å². The van der Waals surface area contributed by atoms with Crippen LogP contribution < -0.4 is 0 Å². The zero-order valence-corrected chi connectivity index (χ0v) is 7.07. The van der Waals surface area contributed by atoms with E-state index < -0.39 is 0 Å². The van der Waals surface area contributed by atoms with Gasteiger partial charge in [-0.15, -0.1) is 0 Å². The highest BCUT2D eigenvalue weighted by Gasteiger charge is 1.98. The van der Waals surface area contributed by atoms with E-state index in [1.807, 2.05) is 37.3 Å². The average Bonchev–Trinajstić information content (AvgIpc) is 2.15. The largest absolute Gasteiger partial charge is 0.307 e. The zero-order valence-electron chi connectivity index (χ0n) is 7.07. The van der Waals surface area contributed by atoms with Crippen molar-refractivity contribution in [1.82, 2.24) is 0 Å². The molecule has 0 saturated heterocycles. The van der Waals surface area contributed by atoms with Gasteiger partial charge in [0.05, 0.1) is 6.04 Å². The fourth-order valence-electron chi connectivity index (χ4n) is 0.990. The lowest BCUT2D eigenvalue weighted by Gasteiger charge is -2.04. The SMILES string of the molecule is C[C@@H](N=CC=N)c1ccccc1. The maximum Gasteiger partial charge on any atom is 0.0721 e. The molecule has 0 aromatic heterocycles. The van der Waals surface area contributed by atoms with Crippen molar-refractivity contribution in [2.24, 2.45) is 4.99 Å². The molecule has 0 unspecified atom stereocenters.